The van der Waals surface area contributed by atoms with Crippen molar-refractivity contribution in [2.24, 2.45) is 0 Å². The molecule has 0 unspecified atom stereocenters. The van der Waals surface area contributed by atoms with Crippen LogP contribution in [0.5, 0.6) is 5.88 Å². The molecule has 3 aromatic rings. The van der Waals surface area contributed by atoms with Crippen molar-refractivity contribution in [1.29, 1.82) is 0 Å². The second-order valence-corrected chi connectivity index (χ2v) is 6.52. The topological polar surface area (TPSA) is 35.0 Å². The second kappa shape index (κ2) is 7.06. The van der Waals surface area contributed by atoms with Gasteiger partial charge in [-0.2, -0.15) is 0 Å². The van der Waals surface area contributed by atoms with Crippen LogP contribution in [0, 0.1) is 6.92 Å². The summed E-state index contributed by atoms with van der Waals surface area (Å²) in [5.41, 5.74) is 8.30. The number of pyridine rings is 2. The molecule has 0 fully saturated rings. The molecule has 128 valence electrons. The van der Waals surface area contributed by atoms with Crippen LogP contribution in [-0.4, -0.2) is 17.1 Å². The quantitative estimate of drug-likeness (QED) is 0.595. The summed E-state index contributed by atoms with van der Waals surface area (Å²) >= 11 is 0. The lowest BCUT2D eigenvalue weighted by Gasteiger charge is -2.15. The molecule has 0 aliphatic rings. The smallest absolute Gasteiger partial charge is 0.212 e. The lowest BCUT2D eigenvalue weighted by atomic mass is 9.92. The summed E-state index contributed by atoms with van der Waals surface area (Å²) in [6, 6.07) is 8.43. The SMILES string of the molecule is C=C(C)Cc1c(C)cnc2cc(CC)c(-c3ccc(OC)nc3)cc12. The van der Waals surface area contributed by atoms with E-state index in [0.717, 1.165) is 29.5 Å². The first-order valence-electron chi connectivity index (χ1n) is 8.59. The van der Waals surface area contributed by atoms with Crippen LogP contribution in [0.15, 0.2) is 48.8 Å². The van der Waals surface area contributed by atoms with Gasteiger partial charge in [-0.05, 0) is 67.1 Å². The van der Waals surface area contributed by atoms with Gasteiger partial charge in [0.25, 0.3) is 0 Å². The fourth-order valence-corrected chi connectivity index (χ4v) is 3.19. The van der Waals surface area contributed by atoms with E-state index in [4.69, 9.17) is 4.74 Å². The minimum Gasteiger partial charge on any atom is -0.481 e. The number of benzene rings is 1. The Kier molecular flexibility index (Phi) is 4.84. The molecule has 0 N–H and O–H groups in total. The average molecular weight is 332 g/mol. The van der Waals surface area contributed by atoms with E-state index in [1.54, 1.807) is 7.11 Å². The Bertz CT molecular complexity index is 927. The molecule has 3 nitrogen and oxygen atoms in total. The van der Waals surface area contributed by atoms with Crippen LogP contribution in [0.2, 0.25) is 0 Å². The van der Waals surface area contributed by atoms with Crippen molar-refractivity contribution in [2.45, 2.75) is 33.6 Å². The standard InChI is InChI=1S/C22H24N2O/c1-6-16-10-21-20(18(9-14(2)3)15(4)12-23-21)11-19(16)17-7-8-22(25-5)24-13-17/h7-8,10-13H,2,6,9H2,1,3-5H3. The summed E-state index contributed by atoms with van der Waals surface area (Å²) in [4.78, 5) is 9.02. The van der Waals surface area contributed by atoms with E-state index >= 15 is 0 Å². The fraction of sp³-hybridized carbons (Fsp3) is 0.273. The predicted molar refractivity (Wildman–Crippen MR) is 104 cm³/mol. The molecule has 2 aromatic heterocycles. The van der Waals surface area contributed by atoms with Crippen LogP contribution in [0.4, 0.5) is 0 Å². The summed E-state index contributed by atoms with van der Waals surface area (Å²) < 4.78 is 5.18. The van der Waals surface area contributed by atoms with E-state index in [-0.39, 0.29) is 0 Å². The van der Waals surface area contributed by atoms with Crippen molar-refractivity contribution in [3.63, 3.8) is 0 Å². The monoisotopic (exact) mass is 332 g/mol. The van der Waals surface area contributed by atoms with Gasteiger partial charge in [-0.1, -0.05) is 19.1 Å². The van der Waals surface area contributed by atoms with Gasteiger partial charge in [0.05, 0.1) is 12.6 Å². The van der Waals surface area contributed by atoms with Crippen molar-refractivity contribution in [3.8, 4) is 17.0 Å². The zero-order valence-corrected chi connectivity index (χ0v) is 15.4. The van der Waals surface area contributed by atoms with Gasteiger partial charge in [0.2, 0.25) is 5.88 Å². The molecule has 2 heterocycles. The van der Waals surface area contributed by atoms with Gasteiger partial charge < -0.3 is 4.74 Å². The molecule has 3 heteroatoms. The van der Waals surface area contributed by atoms with Crippen LogP contribution < -0.4 is 4.74 Å². The van der Waals surface area contributed by atoms with E-state index in [9.17, 15) is 0 Å². The Balaban J connectivity index is 2.24. The molecule has 0 saturated heterocycles. The largest absolute Gasteiger partial charge is 0.481 e. The molecule has 3 rings (SSSR count). The molecule has 0 bridgehead atoms. The summed E-state index contributed by atoms with van der Waals surface area (Å²) in [5, 5.41) is 1.20. The number of allylic oxidation sites excluding steroid dienone is 1. The Hall–Kier alpha value is -2.68. The predicted octanol–water partition coefficient (Wildman–Crippen LogP) is 5.29. The van der Waals surface area contributed by atoms with Crippen LogP contribution in [0.25, 0.3) is 22.0 Å². The van der Waals surface area contributed by atoms with Crippen molar-refractivity contribution >= 4 is 10.9 Å². The van der Waals surface area contributed by atoms with Gasteiger partial charge in [-0.3, -0.25) is 4.98 Å². The first kappa shape index (κ1) is 17.2. The van der Waals surface area contributed by atoms with Gasteiger partial charge >= 0.3 is 0 Å². The molecule has 0 aliphatic heterocycles. The maximum Gasteiger partial charge on any atom is 0.212 e. The highest BCUT2D eigenvalue weighted by Gasteiger charge is 2.12. The zero-order valence-electron chi connectivity index (χ0n) is 15.4. The van der Waals surface area contributed by atoms with E-state index in [2.05, 4.69) is 55.5 Å². The third-order valence-corrected chi connectivity index (χ3v) is 4.54. The molecule has 0 atom stereocenters. The number of nitrogens with zero attached hydrogens (tertiary/aromatic N) is 2. The minimum atomic E-state index is 0.628. The maximum atomic E-state index is 5.18. The van der Waals surface area contributed by atoms with Gasteiger partial charge in [0.1, 0.15) is 0 Å². The van der Waals surface area contributed by atoms with Gasteiger partial charge in [-0.15, -0.1) is 0 Å². The lowest BCUT2D eigenvalue weighted by Crippen LogP contribution is -1.98. The number of methoxy groups -OCH3 is 1. The Morgan fingerprint density at radius 3 is 2.56 bits per heavy atom. The van der Waals surface area contributed by atoms with Crippen molar-refractivity contribution in [3.05, 3.63) is 65.5 Å². The molecular weight excluding hydrogens is 308 g/mol. The van der Waals surface area contributed by atoms with Crippen LogP contribution in [-0.2, 0) is 12.8 Å². The molecule has 0 saturated carbocycles. The van der Waals surface area contributed by atoms with Gasteiger partial charge in [0.15, 0.2) is 0 Å². The molecule has 0 aliphatic carbocycles. The van der Waals surface area contributed by atoms with Crippen LogP contribution >= 0.6 is 0 Å². The third kappa shape index (κ3) is 3.41. The van der Waals surface area contributed by atoms with E-state index in [0.29, 0.717) is 5.88 Å². The lowest BCUT2D eigenvalue weighted by molar-refractivity contribution is 0.398. The van der Waals surface area contributed by atoms with Crippen molar-refractivity contribution in [1.82, 2.24) is 9.97 Å². The zero-order chi connectivity index (χ0) is 18.0. The normalized spacial score (nSPS) is 10.9. The van der Waals surface area contributed by atoms with Gasteiger partial charge in [-0.25, -0.2) is 4.98 Å². The summed E-state index contributed by atoms with van der Waals surface area (Å²) in [6.07, 6.45) is 5.66. The number of ether oxygens (including phenoxy) is 1. The highest BCUT2D eigenvalue weighted by atomic mass is 16.5. The number of fused-ring (bicyclic) bond motifs is 1. The fourth-order valence-electron chi connectivity index (χ4n) is 3.19. The van der Waals surface area contributed by atoms with Gasteiger partial charge in [0, 0.05) is 29.4 Å². The Labute approximate surface area is 149 Å². The van der Waals surface area contributed by atoms with Crippen molar-refractivity contribution < 1.29 is 4.74 Å². The molecule has 0 spiro atoms. The molecule has 0 radical (unpaired) electrons. The number of aryl methyl sites for hydroxylation is 2. The molecule has 25 heavy (non-hydrogen) atoms. The van der Waals surface area contributed by atoms with E-state index in [1.165, 1.54) is 27.6 Å². The third-order valence-electron chi connectivity index (χ3n) is 4.54. The maximum absolute atomic E-state index is 5.18. The highest BCUT2D eigenvalue weighted by Crippen LogP contribution is 2.32. The summed E-state index contributed by atoms with van der Waals surface area (Å²) in [5.74, 6) is 0.628. The molecular formula is C22H24N2O. The van der Waals surface area contributed by atoms with E-state index < -0.39 is 0 Å². The van der Waals surface area contributed by atoms with Crippen LogP contribution in [0.1, 0.15) is 30.5 Å². The Morgan fingerprint density at radius 1 is 1.16 bits per heavy atom. The summed E-state index contributed by atoms with van der Waals surface area (Å²) in [6.45, 7) is 10.4. The first-order valence-corrected chi connectivity index (χ1v) is 8.59. The van der Waals surface area contributed by atoms with Crippen LogP contribution in [0.3, 0.4) is 0 Å². The van der Waals surface area contributed by atoms with E-state index in [1.807, 2.05) is 18.5 Å². The number of aromatic nitrogens is 2. The second-order valence-electron chi connectivity index (χ2n) is 6.52. The highest BCUT2D eigenvalue weighted by molar-refractivity contribution is 5.89. The Morgan fingerprint density at radius 2 is 1.96 bits per heavy atom. The summed E-state index contributed by atoms with van der Waals surface area (Å²) in [7, 11) is 1.63. The van der Waals surface area contributed by atoms with Crippen molar-refractivity contribution in [2.75, 3.05) is 7.11 Å². The number of hydrogen-bond acceptors (Lipinski definition) is 3. The number of rotatable bonds is 5. The minimum absolute atomic E-state index is 0.628. The average Bonchev–Trinajstić information content (AvgIpc) is 2.63. The molecule has 0 amide bonds. The number of hydrogen-bond donors (Lipinski definition) is 0. The first-order chi connectivity index (χ1) is 12.0. The molecule has 1 aromatic carbocycles.